The Kier molecular flexibility index (Phi) is 4.59. The van der Waals surface area contributed by atoms with Crippen molar-refractivity contribution in [2.45, 2.75) is 19.9 Å². The molecule has 1 unspecified atom stereocenters. The third-order valence-electron chi connectivity index (χ3n) is 2.45. The number of hydrogen-bond donors (Lipinski definition) is 2. The Labute approximate surface area is 91.6 Å². The molecule has 0 aliphatic heterocycles. The summed E-state index contributed by atoms with van der Waals surface area (Å²) in [5.41, 5.74) is 7.84. The molecule has 0 fully saturated rings. The maximum absolute atomic E-state index is 5.46. The van der Waals surface area contributed by atoms with Crippen LogP contribution in [0.5, 0.6) is 5.75 Å². The topological polar surface area (TPSA) is 47.3 Å². The minimum absolute atomic E-state index is 0.268. The molecule has 1 atom stereocenters. The van der Waals surface area contributed by atoms with E-state index in [2.05, 4.69) is 37.4 Å². The third-order valence-corrected chi connectivity index (χ3v) is 2.45. The molecular weight excluding hydrogens is 188 g/mol. The van der Waals surface area contributed by atoms with Gasteiger partial charge in [-0.25, -0.2) is 0 Å². The van der Waals surface area contributed by atoms with Gasteiger partial charge in [-0.2, -0.15) is 0 Å². The van der Waals surface area contributed by atoms with Gasteiger partial charge in [0.25, 0.3) is 0 Å². The van der Waals surface area contributed by atoms with Crippen LogP contribution in [-0.2, 0) is 0 Å². The quantitative estimate of drug-likeness (QED) is 0.773. The third kappa shape index (κ3) is 3.22. The van der Waals surface area contributed by atoms with E-state index in [-0.39, 0.29) is 6.04 Å². The monoisotopic (exact) mass is 208 g/mol. The lowest BCUT2D eigenvalue weighted by Crippen LogP contribution is -2.25. The van der Waals surface area contributed by atoms with Gasteiger partial charge in [-0.15, -0.1) is 0 Å². The summed E-state index contributed by atoms with van der Waals surface area (Å²) >= 11 is 0. The molecule has 0 aromatic heterocycles. The second-order valence-corrected chi connectivity index (χ2v) is 3.71. The molecule has 0 aliphatic rings. The van der Waals surface area contributed by atoms with Crippen molar-refractivity contribution in [2.24, 2.45) is 5.73 Å². The zero-order valence-corrected chi connectivity index (χ0v) is 9.71. The minimum atomic E-state index is 0.268. The molecule has 0 spiro atoms. The molecule has 15 heavy (non-hydrogen) atoms. The zero-order valence-electron chi connectivity index (χ0n) is 9.71. The molecule has 0 heterocycles. The minimum Gasteiger partial charge on any atom is -0.496 e. The van der Waals surface area contributed by atoms with Crippen LogP contribution in [0, 0.1) is 6.92 Å². The molecule has 0 radical (unpaired) electrons. The van der Waals surface area contributed by atoms with Crippen molar-refractivity contribution in [3.8, 4) is 5.75 Å². The highest BCUT2D eigenvalue weighted by Crippen LogP contribution is 2.25. The van der Waals surface area contributed by atoms with Gasteiger partial charge in [0.15, 0.2) is 0 Å². The Hall–Kier alpha value is -1.06. The first-order chi connectivity index (χ1) is 7.19. The number of hydrogen-bond acceptors (Lipinski definition) is 3. The standard InChI is InChI=1S/C12H20N2O/c1-9-4-5-11(12(8-9)15-3)10(2)14-7-6-13/h4-5,8,10,14H,6-7,13H2,1-3H3. The largest absolute Gasteiger partial charge is 0.496 e. The van der Waals surface area contributed by atoms with E-state index < -0.39 is 0 Å². The summed E-state index contributed by atoms with van der Waals surface area (Å²) in [6.45, 7) is 5.64. The van der Waals surface area contributed by atoms with Crippen molar-refractivity contribution in [2.75, 3.05) is 20.2 Å². The second-order valence-electron chi connectivity index (χ2n) is 3.71. The number of nitrogens with two attached hydrogens (primary N) is 1. The van der Waals surface area contributed by atoms with E-state index in [1.54, 1.807) is 7.11 Å². The summed E-state index contributed by atoms with van der Waals surface area (Å²) in [5.74, 6) is 0.937. The number of rotatable bonds is 5. The molecule has 0 bridgehead atoms. The molecular formula is C12H20N2O. The SMILES string of the molecule is COc1cc(C)ccc1C(C)NCCN. The van der Waals surface area contributed by atoms with Crippen molar-refractivity contribution in [3.63, 3.8) is 0 Å². The van der Waals surface area contributed by atoms with Gasteiger partial charge in [-0.05, 0) is 25.5 Å². The summed E-state index contributed by atoms with van der Waals surface area (Å²) in [5, 5.41) is 3.34. The number of ether oxygens (including phenoxy) is 1. The first-order valence-corrected chi connectivity index (χ1v) is 5.27. The predicted molar refractivity (Wildman–Crippen MR) is 63.2 cm³/mol. The fourth-order valence-electron chi connectivity index (χ4n) is 1.59. The van der Waals surface area contributed by atoms with Crippen LogP contribution in [-0.4, -0.2) is 20.2 Å². The van der Waals surface area contributed by atoms with E-state index in [4.69, 9.17) is 10.5 Å². The maximum atomic E-state index is 5.46. The first-order valence-electron chi connectivity index (χ1n) is 5.27. The zero-order chi connectivity index (χ0) is 11.3. The molecule has 0 saturated carbocycles. The molecule has 1 aromatic carbocycles. The van der Waals surface area contributed by atoms with Crippen molar-refractivity contribution in [1.82, 2.24) is 5.32 Å². The van der Waals surface area contributed by atoms with Gasteiger partial charge < -0.3 is 15.8 Å². The van der Waals surface area contributed by atoms with Crippen molar-refractivity contribution in [3.05, 3.63) is 29.3 Å². The Morgan fingerprint density at radius 3 is 2.80 bits per heavy atom. The van der Waals surface area contributed by atoms with Crippen molar-refractivity contribution < 1.29 is 4.74 Å². The van der Waals surface area contributed by atoms with Crippen LogP contribution in [0.15, 0.2) is 18.2 Å². The highest BCUT2D eigenvalue weighted by Gasteiger charge is 2.10. The van der Waals surface area contributed by atoms with Crippen LogP contribution in [0.3, 0.4) is 0 Å². The van der Waals surface area contributed by atoms with Crippen molar-refractivity contribution >= 4 is 0 Å². The van der Waals surface area contributed by atoms with Crippen LogP contribution in [0.4, 0.5) is 0 Å². The number of benzene rings is 1. The van der Waals surface area contributed by atoms with E-state index in [1.165, 1.54) is 11.1 Å². The second kappa shape index (κ2) is 5.73. The molecule has 3 nitrogen and oxygen atoms in total. The average Bonchev–Trinajstić information content (AvgIpc) is 2.25. The Morgan fingerprint density at radius 2 is 2.20 bits per heavy atom. The summed E-state index contributed by atoms with van der Waals surface area (Å²) in [6.07, 6.45) is 0. The molecule has 84 valence electrons. The lowest BCUT2D eigenvalue weighted by molar-refractivity contribution is 0.401. The van der Waals surface area contributed by atoms with Gasteiger partial charge in [-0.3, -0.25) is 0 Å². The molecule has 3 N–H and O–H groups in total. The fourth-order valence-corrected chi connectivity index (χ4v) is 1.59. The lowest BCUT2D eigenvalue weighted by atomic mass is 10.1. The van der Waals surface area contributed by atoms with Gasteiger partial charge in [-0.1, -0.05) is 12.1 Å². The highest BCUT2D eigenvalue weighted by atomic mass is 16.5. The lowest BCUT2D eigenvalue weighted by Gasteiger charge is -2.17. The Balaban J connectivity index is 2.82. The smallest absolute Gasteiger partial charge is 0.123 e. The van der Waals surface area contributed by atoms with Crippen LogP contribution >= 0.6 is 0 Å². The van der Waals surface area contributed by atoms with E-state index in [0.29, 0.717) is 6.54 Å². The van der Waals surface area contributed by atoms with Crippen LogP contribution in [0.1, 0.15) is 24.1 Å². The first kappa shape index (κ1) is 12.0. The number of nitrogens with one attached hydrogen (secondary N) is 1. The summed E-state index contributed by atoms with van der Waals surface area (Å²) in [7, 11) is 1.70. The fraction of sp³-hybridized carbons (Fsp3) is 0.500. The average molecular weight is 208 g/mol. The Morgan fingerprint density at radius 1 is 1.47 bits per heavy atom. The van der Waals surface area contributed by atoms with Gasteiger partial charge in [0, 0.05) is 24.7 Å². The van der Waals surface area contributed by atoms with E-state index in [0.717, 1.165) is 12.3 Å². The van der Waals surface area contributed by atoms with Gasteiger partial charge in [0.1, 0.15) is 5.75 Å². The molecule has 0 aliphatic carbocycles. The summed E-state index contributed by atoms with van der Waals surface area (Å²) in [4.78, 5) is 0. The number of methoxy groups -OCH3 is 1. The molecule has 1 rings (SSSR count). The summed E-state index contributed by atoms with van der Waals surface area (Å²) < 4.78 is 5.36. The van der Waals surface area contributed by atoms with Gasteiger partial charge in [0.05, 0.1) is 7.11 Å². The van der Waals surface area contributed by atoms with E-state index >= 15 is 0 Å². The molecule has 1 aromatic rings. The Bertz CT molecular complexity index is 312. The van der Waals surface area contributed by atoms with Gasteiger partial charge in [0.2, 0.25) is 0 Å². The van der Waals surface area contributed by atoms with E-state index in [9.17, 15) is 0 Å². The molecule has 0 amide bonds. The number of aryl methyl sites for hydroxylation is 1. The molecule has 0 saturated heterocycles. The predicted octanol–water partition coefficient (Wildman–Crippen LogP) is 1.61. The maximum Gasteiger partial charge on any atom is 0.123 e. The molecule has 3 heteroatoms. The normalized spacial score (nSPS) is 12.5. The van der Waals surface area contributed by atoms with Gasteiger partial charge >= 0.3 is 0 Å². The van der Waals surface area contributed by atoms with Crippen LogP contribution in [0.25, 0.3) is 0 Å². The summed E-state index contributed by atoms with van der Waals surface area (Å²) in [6, 6.07) is 6.51. The van der Waals surface area contributed by atoms with Crippen LogP contribution < -0.4 is 15.8 Å². The van der Waals surface area contributed by atoms with E-state index in [1.807, 2.05) is 0 Å². The highest BCUT2D eigenvalue weighted by molar-refractivity contribution is 5.38. The van der Waals surface area contributed by atoms with Crippen LogP contribution in [0.2, 0.25) is 0 Å². The van der Waals surface area contributed by atoms with Crippen molar-refractivity contribution in [1.29, 1.82) is 0 Å².